The fraction of sp³-hybridized carbons (Fsp3) is 0.615. The number of aromatic amines is 1. The maximum atomic E-state index is 11.7. The summed E-state index contributed by atoms with van der Waals surface area (Å²) in [4.78, 5) is 23.2. The van der Waals surface area contributed by atoms with E-state index in [1.165, 1.54) is 6.20 Å². The van der Waals surface area contributed by atoms with E-state index in [0.29, 0.717) is 24.8 Å². The number of hydrogen-bond acceptors (Lipinski definition) is 4. The predicted octanol–water partition coefficient (Wildman–Crippen LogP) is 1.69. The molecule has 21 heavy (non-hydrogen) atoms. The first-order valence-corrected chi connectivity index (χ1v) is 6.98. The minimum absolute atomic E-state index is 0.181. The Labute approximate surface area is 124 Å². The van der Waals surface area contributed by atoms with Gasteiger partial charge in [-0.2, -0.15) is 5.10 Å². The molecule has 0 aliphatic heterocycles. The Balaban J connectivity index is 2.40. The van der Waals surface area contributed by atoms with Gasteiger partial charge in [0.25, 0.3) is 0 Å². The Morgan fingerprint density at radius 1 is 1.43 bits per heavy atom. The highest BCUT2D eigenvalue weighted by Gasteiger charge is 2.15. The summed E-state index contributed by atoms with van der Waals surface area (Å²) < 4.78 is 4.86. The number of nitrogens with zero attached hydrogens (tertiary/aromatic N) is 1. The van der Waals surface area contributed by atoms with Gasteiger partial charge in [-0.25, -0.2) is 9.59 Å². The van der Waals surface area contributed by atoms with Gasteiger partial charge in [0.2, 0.25) is 0 Å². The van der Waals surface area contributed by atoms with Crippen molar-refractivity contribution in [2.75, 3.05) is 18.5 Å². The van der Waals surface area contributed by atoms with E-state index in [1.54, 1.807) is 13.1 Å². The van der Waals surface area contributed by atoms with Crippen LogP contribution in [0.4, 0.5) is 15.3 Å². The second-order valence-electron chi connectivity index (χ2n) is 5.01. The number of nitrogens with one attached hydrogen (secondary N) is 4. The number of carbonyl (C=O) groups excluding carboxylic acids is 2. The molecule has 0 fully saturated rings. The number of rotatable bonds is 7. The van der Waals surface area contributed by atoms with Gasteiger partial charge >= 0.3 is 12.1 Å². The summed E-state index contributed by atoms with van der Waals surface area (Å²) in [6, 6.07) is -0.532. The average molecular weight is 297 g/mol. The zero-order chi connectivity index (χ0) is 15.7. The molecular weight excluding hydrogens is 274 g/mol. The lowest BCUT2D eigenvalue weighted by molar-refractivity contribution is 0.146. The summed E-state index contributed by atoms with van der Waals surface area (Å²) in [6.45, 7) is 6.47. The highest BCUT2D eigenvalue weighted by Crippen LogP contribution is 2.05. The molecule has 0 bridgehead atoms. The standard InChI is InChI=1S/C13H23N5O3/c1-4-21-13(20)18-10(5-9(2)3)6-14-12(19)17-11-7-15-16-8-11/h7-10H,4-6H2,1-3H3,(H,15,16)(H,18,20)(H2,14,17,19). The Morgan fingerprint density at radius 2 is 2.19 bits per heavy atom. The van der Waals surface area contributed by atoms with Crippen molar-refractivity contribution in [1.29, 1.82) is 0 Å². The topological polar surface area (TPSA) is 108 Å². The minimum Gasteiger partial charge on any atom is -0.450 e. The van der Waals surface area contributed by atoms with Gasteiger partial charge in [-0.3, -0.25) is 5.10 Å². The SMILES string of the molecule is CCOC(=O)NC(CNC(=O)Nc1cn[nH]c1)CC(C)C. The summed E-state index contributed by atoms with van der Waals surface area (Å²) in [5, 5.41) is 14.4. The number of anilines is 1. The second kappa shape index (κ2) is 8.83. The molecule has 118 valence electrons. The Morgan fingerprint density at radius 3 is 2.76 bits per heavy atom. The number of aromatic nitrogens is 2. The van der Waals surface area contributed by atoms with E-state index >= 15 is 0 Å². The molecule has 0 saturated heterocycles. The normalized spacial score (nSPS) is 11.8. The van der Waals surface area contributed by atoms with Gasteiger partial charge in [0, 0.05) is 18.8 Å². The van der Waals surface area contributed by atoms with E-state index in [-0.39, 0.29) is 12.1 Å². The molecule has 0 aromatic carbocycles. The van der Waals surface area contributed by atoms with Crippen molar-refractivity contribution in [2.45, 2.75) is 33.2 Å². The van der Waals surface area contributed by atoms with Crippen molar-refractivity contribution in [3.8, 4) is 0 Å². The van der Waals surface area contributed by atoms with Gasteiger partial charge in [-0.1, -0.05) is 13.8 Å². The molecule has 1 atom stereocenters. The zero-order valence-electron chi connectivity index (χ0n) is 12.6. The van der Waals surface area contributed by atoms with E-state index in [2.05, 4.69) is 26.1 Å². The second-order valence-corrected chi connectivity index (χ2v) is 5.01. The van der Waals surface area contributed by atoms with Gasteiger partial charge in [-0.15, -0.1) is 0 Å². The third-order valence-corrected chi connectivity index (χ3v) is 2.62. The summed E-state index contributed by atoms with van der Waals surface area (Å²) in [7, 11) is 0. The summed E-state index contributed by atoms with van der Waals surface area (Å²) in [5.74, 6) is 0.385. The smallest absolute Gasteiger partial charge is 0.407 e. The number of ether oxygens (including phenoxy) is 1. The van der Waals surface area contributed by atoms with E-state index in [0.717, 1.165) is 6.42 Å². The maximum absolute atomic E-state index is 11.7. The maximum Gasteiger partial charge on any atom is 0.407 e. The number of hydrogen-bond donors (Lipinski definition) is 4. The van der Waals surface area contributed by atoms with Crippen molar-refractivity contribution < 1.29 is 14.3 Å². The molecule has 0 radical (unpaired) electrons. The van der Waals surface area contributed by atoms with Crippen LogP contribution in [0.25, 0.3) is 0 Å². The third-order valence-electron chi connectivity index (χ3n) is 2.62. The van der Waals surface area contributed by atoms with Crippen molar-refractivity contribution >= 4 is 17.8 Å². The summed E-state index contributed by atoms with van der Waals surface area (Å²) >= 11 is 0. The number of alkyl carbamates (subject to hydrolysis) is 1. The Bertz CT molecular complexity index is 433. The van der Waals surface area contributed by atoms with Crippen molar-refractivity contribution in [1.82, 2.24) is 20.8 Å². The molecular formula is C13H23N5O3. The van der Waals surface area contributed by atoms with Gasteiger partial charge in [0.1, 0.15) is 0 Å². The van der Waals surface area contributed by atoms with Crippen LogP contribution in [0.5, 0.6) is 0 Å². The Hall–Kier alpha value is -2.25. The molecule has 0 saturated carbocycles. The highest BCUT2D eigenvalue weighted by atomic mass is 16.5. The largest absolute Gasteiger partial charge is 0.450 e. The first-order chi connectivity index (χ1) is 10.0. The van der Waals surface area contributed by atoms with E-state index in [1.807, 2.05) is 13.8 Å². The molecule has 1 aromatic rings. The number of urea groups is 1. The van der Waals surface area contributed by atoms with Crippen LogP contribution in [0.3, 0.4) is 0 Å². The predicted molar refractivity (Wildman–Crippen MR) is 79.0 cm³/mol. The quantitative estimate of drug-likeness (QED) is 0.614. The Kier molecular flexibility index (Phi) is 7.06. The molecule has 0 spiro atoms. The molecule has 1 unspecified atom stereocenters. The first kappa shape index (κ1) is 16.8. The van der Waals surface area contributed by atoms with Gasteiger partial charge in [0.15, 0.2) is 0 Å². The van der Waals surface area contributed by atoms with Crippen molar-refractivity contribution in [3.05, 3.63) is 12.4 Å². The molecule has 8 heteroatoms. The molecule has 4 N–H and O–H groups in total. The molecule has 1 aromatic heterocycles. The van der Waals surface area contributed by atoms with Crippen LogP contribution in [0.15, 0.2) is 12.4 Å². The van der Waals surface area contributed by atoms with E-state index in [4.69, 9.17) is 4.74 Å². The zero-order valence-corrected chi connectivity index (χ0v) is 12.6. The van der Waals surface area contributed by atoms with Gasteiger partial charge in [0.05, 0.1) is 18.5 Å². The molecule has 1 heterocycles. The number of amides is 3. The molecule has 0 aliphatic rings. The van der Waals surface area contributed by atoms with Crippen molar-refractivity contribution in [3.63, 3.8) is 0 Å². The van der Waals surface area contributed by atoms with Gasteiger partial charge in [-0.05, 0) is 19.3 Å². The van der Waals surface area contributed by atoms with Crippen LogP contribution in [0.2, 0.25) is 0 Å². The molecule has 0 aliphatic carbocycles. The summed E-state index contributed by atoms with van der Waals surface area (Å²) in [5.41, 5.74) is 0.575. The minimum atomic E-state index is -0.472. The lowest BCUT2D eigenvalue weighted by atomic mass is 10.0. The average Bonchev–Trinajstić information content (AvgIpc) is 2.88. The van der Waals surface area contributed by atoms with E-state index < -0.39 is 6.09 Å². The third kappa shape index (κ3) is 7.19. The molecule has 1 rings (SSSR count). The van der Waals surface area contributed by atoms with Crippen molar-refractivity contribution in [2.24, 2.45) is 5.92 Å². The van der Waals surface area contributed by atoms with Crippen LogP contribution in [-0.2, 0) is 4.74 Å². The lowest BCUT2D eigenvalue weighted by Gasteiger charge is -2.20. The van der Waals surface area contributed by atoms with Gasteiger partial charge < -0.3 is 20.7 Å². The van der Waals surface area contributed by atoms with Crippen LogP contribution >= 0.6 is 0 Å². The van der Waals surface area contributed by atoms with Crippen LogP contribution in [0, 0.1) is 5.92 Å². The van der Waals surface area contributed by atoms with Crippen LogP contribution < -0.4 is 16.0 Å². The number of H-pyrrole nitrogens is 1. The number of carbonyl (C=O) groups is 2. The molecule has 3 amide bonds. The van der Waals surface area contributed by atoms with Crippen LogP contribution in [-0.4, -0.2) is 41.5 Å². The lowest BCUT2D eigenvalue weighted by Crippen LogP contribution is -2.45. The molecule has 8 nitrogen and oxygen atoms in total. The first-order valence-electron chi connectivity index (χ1n) is 6.98. The van der Waals surface area contributed by atoms with E-state index in [9.17, 15) is 9.59 Å². The fourth-order valence-corrected chi connectivity index (χ4v) is 1.81. The monoisotopic (exact) mass is 297 g/mol. The van der Waals surface area contributed by atoms with Crippen LogP contribution in [0.1, 0.15) is 27.2 Å². The highest BCUT2D eigenvalue weighted by molar-refractivity contribution is 5.88. The fourth-order valence-electron chi connectivity index (χ4n) is 1.81. The summed E-state index contributed by atoms with van der Waals surface area (Å²) in [6.07, 6.45) is 3.34.